The van der Waals surface area contributed by atoms with Gasteiger partial charge in [0, 0.05) is 28.8 Å². The molecule has 0 aliphatic heterocycles. The first-order valence-corrected chi connectivity index (χ1v) is 11.9. The number of carbonyl (C=O) groups excluding carboxylic acids is 3. The van der Waals surface area contributed by atoms with Crippen LogP contribution in [0.3, 0.4) is 0 Å². The summed E-state index contributed by atoms with van der Waals surface area (Å²) in [7, 11) is 0. The summed E-state index contributed by atoms with van der Waals surface area (Å²) < 4.78 is 15.6. The van der Waals surface area contributed by atoms with Crippen molar-refractivity contribution < 1.29 is 18.8 Å². The normalized spacial score (nSPS) is 11.8. The van der Waals surface area contributed by atoms with Gasteiger partial charge in [0.25, 0.3) is 5.91 Å². The molecule has 0 spiro atoms. The Morgan fingerprint density at radius 3 is 2.66 bits per heavy atom. The molecule has 4 rings (SSSR count). The van der Waals surface area contributed by atoms with Crippen molar-refractivity contribution in [2.24, 2.45) is 5.73 Å². The van der Waals surface area contributed by atoms with Crippen molar-refractivity contribution >= 4 is 51.6 Å². The Morgan fingerprint density at radius 2 is 1.91 bits per heavy atom. The third kappa shape index (κ3) is 5.67. The summed E-state index contributed by atoms with van der Waals surface area (Å²) in [5, 5.41) is 11.9. The predicted octanol–water partition coefficient (Wildman–Crippen LogP) is 3.03. The Kier molecular flexibility index (Phi) is 7.42. The molecule has 1 atom stereocenters. The second-order valence-electron chi connectivity index (χ2n) is 7.72. The monoisotopic (exact) mass is 513 g/mol. The highest BCUT2D eigenvalue weighted by Crippen LogP contribution is 2.19. The van der Waals surface area contributed by atoms with E-state index in [2.05, 4.69) is 15.7 Å². The van der Waals surface area contributed by atoms with E-state index in [1.165, 1.54) is 28.2 Å². The quantitative estimate of drug-likeness (QED) is 0.318. The smallest absolute Gasteiger partial charge is 0.269 e. The van der Waals surface area contributed by atoms with Crippen molar-refractivity contribution in [3.8, 4) is 0 Å². The van der Waals surface area contributed by atoms with E-state index in [0.717, 1.165) is 4.88 Å². The lowest BCUT2D eigenvalue weighted by Crippen LogP contribution is -2.48. The number of para-hydroxylation sites is 1. The molecule has 0 bridgehead atoms. The average molecular weight is 514 g/mol. The third-order valence-electron chi connectivity index (χ3n) is 5.31. The van der Waals surface area contributed by atoms with Crippen LogP contribution in [-0.4, -0.2) is 33.5 Å². The molecule has 0 radical (unpaired) electrons. The standard InChI is InChI=1S/C24H21ClFN5O3S/c25-17-8-3-5-14(21(17)26)12-28-24(34)18(11-15-6-4-10-35-15)29-20(32)13-31-19-9-2-1-7-16(19)22(30-31)23(27)33/h1-10,18H,11-13H2,(H2,27,33)(H,28,34)(H,29,32). The molecule has 0 aliphatic carbocycles. The molecule has 35 heavy (non-hydrogen) atoms. The topological polar surface area (TPSA) is 119 Å². The van der Waals surface area contributed by atoms with Crippen LogP contribution in [0.5, 0.6) is 0 Å². The van der Waals surface area contributed by atoms with Crippen LogP contribution in [0.1, 0.15) is 20.9 Å². The zero-order chi connectivity index (χ0) is 24.9. The third-order valence-corrected chi connectivity index (χ3v) is 6.50. The minimum Gasteiger partial charge on any atom is -0.364 e. The number of amides is 3. The number of thiophene rings is 1. The molecular formula is C24H21ClFN5O3S. The zero-order valence-electron chi connectivity index (χ0n) is 18.3. The molecule has 1 unspecified atom stereocenters. The number of fused-ring (bicyclic) bond motifs is 1. The van der Waals surface area contributed by atoms with Crippen molar-refractivity contribution in [3.05, 3.63) is 87.0 Å². The number of nitrogens with two attached hydrogens (primary N) is 1. The Bertz CT molecular complexity index is 1390. The van der Waals surface area contributed by atoms with Gasteiger partial charge in [0.1, 0.15) is 18.4 Å². The van der Waals surface area contributed by atoms with Crippen LogP contribution in [0.25, 0.3) is 10.9 Å². The van der Waals surface area contributed by atoms with Gasteiger partial charge < -0.3 is 16.4 Å². The van der Waals surface area contributed by atoms with Crippen LogP contribution >= 0.6 is 22.9 Å². The number of primary amides is 1. The lowest BCUT2D eigenvalue weighted by Gasteiger charge is -2.18. The van der Waals surface area contributed by atoms with E-state index in [1.54, 1.807) is 30.3 Å². The summed E-state index contributed by atoms with van der Waals surface area (Å²) in [6, 6.07) is 14.2. The highest BCUT2D eigenvalue weighted by atomic mass is 35.5. The lowest BCUT2D eigenvalue weighted by atomic mass is 10.1. The Labute approximate surface area is 208 Å². The van der Waals surface area contributed by atoms with Gasteiger partial charge in [-0.1, -0.05) is 48.0 Å². The van der Waals surface area contributed by atoms with Crippen LogP contribution in [0, 0.1) is 5.82 Å². The van der Waals surface area contributed by atoms with Crippen molar-refractivity contribution in [1.29, 1.82) is 0 Å². The number of halogens is 2. The first-order chi connectivity index (χ1) is 16.8. The van der Waals surface area contributed by atoms with E-state index in [9.17, 15) is 18.8 Å². The van der Waals surface area contributed by atoms with Crippen LogP contribution in [0.2, 0.25) is 5.02 Å². The SMILES string of the molecule is NC(=O)c1nn(CC(=O)NC(Cc2cccs2)C(=O)NCc2cccc(Cl)c2F)c2ccccc12. The van der Waals surface area contributed by atoms with Crippen molar-refractivity contribution in [2.75, 3.05) is 0 Å². The average Bonchev–Trinajstić information content (AvgIpc) is 3.48. The van der Waals surface area contributed by atoms with E-state index in [0.29, 0.717) is 10.9 Å². The molecule has 4 N–H and O–H groups in total. The van der Waals surface area contributed by atoms with Gasteiger partial charge in [0.2, 0.25) is 11.8 Å². The Balaban J connectivity index is 1.50. The van der Waals surface area contributed by atoms with Crippen LogP contribution < -0.4 is 16.4 Å². The first kappa shape index (κ1) is 24.4. The molecule has 2 heterocycles. The van der Waals surface area contributed by atoms with Gasteiger partial charge in [-0.25, -0.2) is 4.39 Å². The van der Waals surface area contributed by atoms with Gasteiger partial charge >= 0.3 is 0 Å². The van der Waals surface area contributed by atoms with Crippen LogP contribution in [0.15, 0.2) is 60.0 Å². The number of nitrogens with one attached hydrogen (secondary N) is 2. The molecule has 11 heteroatoms. The number of nitrogens with zero attached hydrogens (tertiary/aromatic N) is 2. The molecule has 0 aliphatic rings. The molecule has 3 amide bonds. The second kappa shape index (κ2) is 10.7. The van der Waals surface area contributed by atoms with Crippen molar-refractivity contribution in [2.45, 2.75) is 25.6 Å². The lowest BCUT2D eigenvalue weighted by molar-refractivity contribution is -0.129. The number of hydrogen-bond acceptors (Lipinski definition) is 5. The van der Waals surface area contributed by atoms with Gasteiger partial charge in [0.05, 0.1) is 10.5 Å². The van der Waals surface area contributed by atoms with Crippen molar-refractivity contribution in [3.63, 3.8) is 0 Å². The largest absolute Gasteiger partial charge is 0.364 e. The van der Waals surface area contributed by atoms with E-state index in [-0.39, 0.29) is 35.8 Å². The van der Waals surface area contributed by atoms with Gasteiger partial charge in [-0.05, 0) is 23.6 Å². The number of benzene rings is 2. The molecule has 8 nitrogen and oxygen atoms in total. The molecule has 0 fully saturated rings. The van der Waals surface area contributed by atoms with E-state index < -0.39 is 29.6 Å². The predicted molar refractivity (Wildman–Crippen MR) is 131 cm³/mol. The Hall–Kier alpha value is -3.76. The van der Waals surface area contributed by atoms with Crippen LogP contribution in [-0.2, 0) is 29.1 Å². The van der Waals surface area contributed by atoms with E-state index in [4.69, 9.17) is 17.3 Å². The molecule has 0 saturated carbocycles. The zero-order valence-corrected chi connectivity index (χ0v) is 19.9. The number of carbonyl (C=O) groups is 3. The molecule has 0 saturated heterocycles. The summed E-state index contributed by atoms with van der Waals surface area (Å²) in [5.74, 6) is -2.28. The molecule has 2 aromatic heterocycles. The summed E-state index contributed by atoms with van der Waals surface area (Å²) in [4.78, 5) is 38.5. The van der Waals surface area contributed by atoms with Crippen LogP contribution in [0.4, 0.5) is 4.39 Å². The molecule has 4 aromatic rings. The fourth-order valence-electron chi connectivity index (χ4n) is 3.64. The maximum atomic E-state index is 14.2. The Morgan fingerprint density at radius 1 is 1.11 bits per heavy atom. The van der Waals surface area contributed by atoms with E-state index in [1.807, 2.05) is 17.5 Å². The minimum absolute atomic E-state index is 0.0398. The van der Waals surface area contributed by atoms with Gasteiger partial charge in [0.15, 0.2) is 5.69 Å². The fraction of sp³-hybridized carbons (Fsp3) is 0.167. The summed E-state index contributed by atoms with van der Waals surface area (Å²) in [5.41, 5.74) is 6.27. The molecular weight excluding hydrogens is 493 g/mol. The van der Waals surface area contributed by atoms with Gasteiger partial charge in [-0.2, -0.15) is 5.10 Å². The maximum Gasteiger partial charge on any atom is 0.269 e. The fourth-order valence-corrected chi connectivity index (χ4v) is 4.58. The van der Waals surface area contributed by atoms with Gasteiger partial charge in [-0.15, -0.1) is 11.3 Å². The highest BCUT2D eigenvalue weighted by Gasteiger charge is 2.23. The summed E-state index contributed by atoms with van der Waals surface area (Å²) >= 11 is 7.26. The number of aromatic nitrogens is 2. The van der Waals surface area contributed by atoms with Gasteiger partial charge in [-0.3, -0.25) is 19.1 Å². The molecule has 180 valence electrons. The highest BCUT2D eigenvalue weighted by molar-refractivity contribution is 7.09. The second-order valence-corrected chi connectivity index (χ2v) is 9.16. The van der Waals surface area contributed by atoms with E-state index >= 15 is 0 Å². The van der Waals surface area contributed by atoms with Crippen molar-refractivity contribution in [1.82, 2.24) is 20.4 Å². The first-order valence-electron chi connectivity index (χ1n) is 10.6. The molecule has 2 aromatic carbocycles. The minimum atomic E-state index is -0.916. The summed E-state index contributed by atoms with van der Waals surface area (Å²) in [6.07, 6.45) is 0.250. The summed E-state index contributed by atoms with van der Waals surface area (Å²) in [6.45, 7) is -0.321. The number of rotatable bonds is 9. The maximum absolute atomic E-state index is 14.2. The number of hydrogen-bond donors (Lipinski definition) is 3.